The third-order valence-corrected chi connectivity index (χ3v) is 6.46. The summed E-state index contributed by atoms with van der Waals surface area (Å²) in [5, 5.41) is 2.67. The first-order valence-corrected chi connectivity index (χ1v) is 11.0. The molecule has 1 aromatic carbocycles. The summed E-state index contributed by atoms with van der Waals surface area (Å²) >= 11 is 0. The topological polar surface area (TPSA) is 117 Å². The molecule has 3 rings (SSSR count). The number of nitrogens with one attached hydrogen (secondary N) is 3. The maximum Gasteiger partial charge on any atom is 0.416 e. The fraction of sp³-hybridized carbons (Fsp3) is 0.316. The van der Waals surface area contributed by atoms with Gasteiger partial charge in [0.25, 0.3) is 5.91 Å². The van der Waals surface area contributed by atoms with Gasteiger partial charge in [-0.15, -0.1) is 0 Å². The summed E-state index contributed by atoms with van der Waals surface area (Å²) in [7, 11) is -3.12. The number of hydrogen-bond acceptors (Lipinski definition) is 6. The molecule has 1 unspecified atom stereocenters. The summed E-state index contributed by atoms with van der Waals surface area (Å²) in [6, 6.07) is 7.25. The fourth-order valence-corrected chi connectivity index (χ4v) is 5.00. The molecule has 1 saturated heterocycles. The van der Waals surface area contributed by atoms with Gasteiger partial charge in [0.1, 0.15) is 5.82 Å². The lowest BCUT2D eigenvalue weighted by Gasteiger charge is -2.14. The van der Waals surface area contributed by atoms with Crippen molar-refractivity contribution in [2.45, 2.75) is 19.0 Å². The first-order valence-electron chi connectivity index (χ1n) is 9.22. The molecule has 8 nitrogen and oxygen atoms in total. The average molecular weight is 456 g/mol. The molecule has 2 amide bonds. The highest BCUT2D eigenvalue weighted by molar-refractivity contribution is 7.91. The molecule has 1 aliphatic heterocycles. The van der Waals surface area contributed by atoms with E-state index in [-0.39, 0.29) is 40.9 Å². The first-order chi connectivity index (χ1) is 14.5. The number of hydrogen-bond donors (Lipinski definition) is 3. The monoisotopic (exact) mass is 456 g/mol. The van der Waals surface area contributed by atoms with Crippen LogP contribution in [0.2, 0.25) is 0 Å². The summed E-state index contributed by atoms with van der Waals surface area (Å²) in [6.45, 7) is 0. The number of alkyl halides is 3. The van der Waals surface area contributed by atoms with Gasteiger partial charge >= 0.3 is 6.18 Å². The molecule has 1 fully saturated rings. The van der Waals surface area contributed by atoms with E-state index in [2.05, 4.69) is 21.2 Å². The van der Waals surface area contributed by atoms with Crippen molar-refractivity contribution >= 4 is 33.2 Å². The predicted octanol–water partition coefficient (Wildman–Crippen LogP) is 2.43. The predicted molar refractivity (Wildman–Crippen MR) is 106 cm³/mol. The van der Waals surface area contributed by atoms with Crippen molar-refractivity contribution in [2.24, 2.45) is 5.92 Å². The maximum absolute atomic E-state index is 12.9. The minimum absolute atomic E-state index is 0.00420. The Balaban J connectivity index is 1.63. The molecule has 1 aliphatic rings. The number of benzene rings is 1. The molecule has 3 N–H and O–H groups in total. The van der Waals surface area contributed by atoms with Crippen LogP contribution in [0.5, 0.6) is 0 Å². The quantitative estimate of drug-likeness (QED) is 0.595. The zero-order valence-electron chi connectivity index (χ0n) is 16.1. The van der Waals surface area contributed by atoms with Gasteiger partial charge in [0, 0.05) is 18.3 Å². The Kier molecular flexibility index (Phi) is 6.48. The van der Waals surface area contributed by atoms with E-state index < -0.39 is 33.4 Å². The van der Waals surface area contributed by atoms with Crippen molar-refractivity contribution in [1.29, 1.82) is 0 Å². The van der Waals surface area contributed by atoms with Crippen LogP contribution in [0.25, 0.3) is 0 Å². The molecule has 1 atom stereocenters. The molecule has 2 aromatic rings. The van der Waals surface area contributed by atoms with Crippen molar-refractivity contribution in [3.8, 4) is 0 Å². The Hall–Kier alpha value is -3.15. The fourth-order valence-electron chi connectivity index (χ4n) is 3.14. The molecule has 12 heteroatoms. The summed E-state index contributed by atoms with van der Waals surface area (Å²) in [6.07, 6.45) is -2.84. The highest BCUT2D eigenvalue weighted by atomic mass is 32.2. The number of carbonyl (C=O) groups excluding carboxylic acids is 2. The van der Waals surface area contributed by atoms with Gasteiger partial charge in [-0.25, -0.2) is 13.4 Å². The van der Waals surface area contributed by atoms with Crippen LogP contribution in [0.15, 0.2) is 42.6 Å². The number of pyridine rings is 1. The van der Waals surface area contributed by atoms with Crippen LogP contribution in [-0.2, 0) is 20.8 Å². The van der Waals surface area contributed by atoms with Crippen LogP contribution in [0, 0.1) is 5.92 Å². The summed E-state index contributed by atoms with van der Waals surface area (Å²) in [5.74, 6) is -1.63. The third-order valence-electron chi connectivity index (χ3n) is 4.62. The Morgan fingerprint density at radius 2 is 1.90 bits per heavy atom. The summed E-state index contributed by atoms with van der Waals surface area (Å²) < 4.78 is 61.6. The number of hydrazine groups is 1. The lowest BCUT2D eigenvalue weighted by atomic mass is 10.1. The maximum atomic E-state index is 12.9. The highest BCUT2D eigenvalue weighted by Crippen LogP contribution is 2.31. The van der Waals surface area contributed by atoms with Gasteiger partial charge in [-0.05, 0) is 42.7 Å². The SMILES string of the molecule is O=C(CC1CCS(=O)(=O)C1)NNC(=O)c1cccnc1Nc1cccc(C(F)(F)F)c1. The van der Waals surface area contributed by atoms with E-state index in [0.29, 0.717) is 6.42 Å². The van der Waals surface area contributed by atoms with Crippen molar-refractivity contribution in [3.05, 3.63) is 53.7 Å². The molecule has 0 spiro atoms. The second-order valence-electron chi connectivity index (χ2n) is 7.08. The molecule has 0 radical (unpaired) electrons. The number of rotatable bonds is 5. The van der Waals surface area contributed by atoms with Gasteiger partial charge in [0.05, 0.1) is 22.6 Å². The number of sulfone groups is 1. The number of carbonyl (C=O) groups is 2. The number of anilines is 2. The molecule has 0 aliphatic carbocycles. The van der Waals surface area contributed by atoms with Crippen LogP contribution in [0.1, 0.15) is 28.8 Å². The molecular formula is C19H19F3N4O4S. The number of halogens is 3. The Labute approximate surface area is 176 Å². The molecule has 0 saturated carbocycles. The van der Waals surface area contributed by atoms with Crippen LogP contribution < -0.4 is 16.2 Å². The van der Waals surface area contributed by atoms with E-state index >= 15 is 0 Å². The van der Waals surface area contributed by atoms with Gasteiger partial charge in [-0.2, -0.15) is 13.2 Å². The van der Waals surface area contributed by atoms with Crippen LogP contribution in [0.4, 0.5) is 24.7 Å². The Morgan fingerprint density at radius 3 is 2.58 bits per heavy atom. The zero-order valence-corrected chi connectivity index (χ0v) is 16.9. The standard InChI is InChI=1S/C19H19F3N4O4S/c20-19(21,22)13-3-1-4-14(10-13)24-17-15(5-2-7-23-17)18(28)26-25-16(27)9-12-6-8-31(29,30)11-12/h1-5,7,10,12H,6,8-9,11H2,(H,23,24)(H,25,27)(H,26,28). The van der Waals surface area contributed by atoms with E-state index in [4.69, 9.17) is 0 Å². The van der Waals surface area contributed by atoms with Gasteiger partial charge < -0.3 is 5.32 Å². The van der Waals surface area contributed by atoms with E-state index in [1.807, 2.05) is 0 Å². The molecule has 166 valence electrons. The lowest BCUT2D eigenvalue weighted by molar-refractivity contribution is -0.137. The second-order valence-corrected chi connectivity index (χ2v) is 9.31. The summed E-state index contributed by atoms with van der Waals surface area (Å²) in [5.41, 5.74) is 3.63. The number of amides is 2. The van der Waals surface area contributed by atoms with Crippen LogP contribution >= 0.6 is 0 Å². The number of aromatic nitrogens is 1. The number of nitrogens with zero attached hydrogens (tertiary/aromatic N) is 1. The van der Waals surface area contributed by atoms with Crippen molar-refractivity contribution in [2.75, 3.05) is 16.8 Å². The van der Waals surface area contributed by atoms with Gasteiger partial charge in [-0.3, -0.25) is 20.4 Å². The smallest absolute Gasteiger partial charge is 0.340 e. The van der Waals surface area contributed by atoms with Gasteiger partial charge in [0.15, 0.2) is 9.84 Å². The Bertz CT molecular complexity index is 1090. The van der Waals surface area contributed by atoms with E-state index in [1.165, 1.54) is 30.5 Å². The molecule has 31 heavy (non-hydrogen) atoms. The lowest BCUT2D eigenvalue weighted by Crippen LogP contribution is -2.42. The van der Waals surface area contributed by atoms with Crippen molar-refractivity contribution < 1.29 is 31.2 Å². The van der Waals surface area contributed by atoms with Crippen molar-refractivity contribution in [3.63, 3.8) is 0 Å². The van der Waals surface area contributed by atoms with Crippen molar-refractivity contribution in [1.82, 2.24) is 15.8 Å². The van der Waals surface area contributed by atoms with Gasteiger partial charge in [0.2, 0.25) is 5.91 Å². The minimum atomic E-state index is -4.52. The van der Waals surface area contributed by atoms with E-state index in [9.17, 15) is 31.2 Å². The van der Waals surface area contributed by atoms with E-state index in [0.717, 1.165) is 12.1 Å². The zero-order chi connectivity index (χ0) is 22.6. The second kappa shape index (κ2) is 8.92. The first kappa shape index (κ1) is 22.5. The van der Waals surface area contributed by atoms with E-state index in [1.54, 1.807) is 0 Å². The summed E-state index contributed by atoms with van der Waals surface area (Å²) in [4.78, 5) is 28.4. The highest BCUT2D eigenvalue weighted by Gasteiger charge is 2.31. The Morgan fingerprint density at radius 1 is 1.13 bits per heavy atom. The molecular weight excluding hydrogens is 437 g/mol. The largest absolute Gasteiger partial charge is 0.416 e. The van der Waals surface area contributed by atoms with Gasteiger partial charge in [-0.1, -0.05) is 6.07 Å². The normalized spacial score (nSPS) is 17.7. The molecule has 0 bridgehead atoms. The molecule has 1 aromatic heterocycles. The average Bonchev–Trinajstić information content (AvgIpc) is 3.04. The minimum Gasteiger partial charge on any atom is -0.340 e. The van der Waals surface area contributed by atoms with Crippen LogP contribution in [0.3, 0.4) is 0 Å². The third kappa shape index (κ3) is 6.17. The molecule has 2 heterocycles. The van der Waals surface area contributed by atoms with Crippen LogP contribution in [-0.4, -0.2) is 36.7 Å².